The Morgan fingerprint density at radius 2 is 1.59 bits per heavy atom. The van der Waals surface area contributed by atoms with Crippen LogP contribution >= 0.6 is 12.4 Å². The van der Waals surface area contributed by atoms with Crippen LogP contribution in [0.4, 0.5) is 13.2 Å². The normalized spacial score (nSPS) is 21.0. The summed E-state index contributed by atoms with van der Waals surface area (Å²) in [6.45, 7) is 0.470. The lowest BCUT2D eigenvalue weighted by Gasteiger charge is -2.20. The van der Waals surface area contributed by atoms with Crippen LogP contribution in [0.1, 0.15) is 17.0 Å². The van der Waals surface area contributed by atoms with Crippen molar-refractivity contribution in [1.82, 2.24) is 4.31 Å². The van der Waals surface area contributed by atoms with E-state index < -0.39 is 26.7 Å². The fraction of sp³-hybridized carbons (Fsp3) is 0.333. The molecule has 0 radical (unpaired) electrons. The van der Waals surface area contributed by atoms with Crippen molar-refractivity contribution in [3.63, 3.8) is 0 Å². The van der Waals surface area contributed by atoms with Crippen molar-refractivity contribution in [2.75, 3.05) is 19.6 Å². The van der Waals surface area contributed by atoms with E-state index in [0.717, 1.165) is 22.0 Å². The second kappa shape index (κ2) is 8.18. The fourth-order valence-electron chi connectivity index (χ4n) is 3.41. The van der Waals surface area contributed by atoms with Crippen LogP contribution in [0.2, 0.25) is 0 Å². The Bertz CT molecular complexity index is 876. The Labute approximate surface area is 162 Å². The molecule has 0 aromatic heterocycles. The molecule has 2 aromatic carbocycles. The van der Waals surface area contributed by atoms with Gasteiger partial charge in [-0.1, -0.05) is 42.5 Å². The first-order valence-electron chi connectivity index (χ1n) is 8.16. The van der Waals surface area contributed by atoms with E-state index in [1.54, 1.807) is 0 Å². The number of nitrogens with two attached hydrogens (primary N) is 1. The van der Waals surface area contributed by atoms with Crippen LogP contribution in [-0.2, 0) is 16.2 Å². The van der Waals surface area contributed by atoms with Gasteiger partial charge in [-0.2, -0.15) is 17.5 Å². The number of rotatable bonds is 4. The second-order valence-electron chi connectivity index (χ2n) is 6.33. The predicted molar refractivity (Wildman–Crippen MR) is 99.2 cm³/mol. The summed E-state index contributed by atoms with van der Waals surface area (Å²) in [6.07, 6.45) is -4.74. The molecule has 27 heavy (non-hydrogen) atoms. The minimum absolute atomic E-state index is 0. The number of benzene rings is 2. The van der Waals surface area contributed by atoms with Crippen LogP contribution in [0.5, 0.6) is 0 Å². The molecule has 1 aliphatic rings. The van der Waals surface area contributed by atoms with Gasteiger partial charge in [0.15, 0.2) is 0 Å². The number of alkyl halides is 3. The van der Waals surface area contributed by atoms with Gasteiger partial charge in [0, 0.05) is 19.0 Å². The van der Waals surface area contributed by atoms with Gasteiger partial charge in [-0.3, -0.25) is 0 Å². The number of nitrogens with zero attached hydrogens (tertiary/aromatic N) is 1. The number of halogens is 4. The standard InChI is InChI=1S/C18H19F3N2O2S.ClH/c19-18(20,21)16-8-4-5-9-17(16)26(24,25)23-11-14(10-22)15(12-23)13-6-2-1-3-7-13;/h1-9,14-15H,10-12,22H2;1H/t14-,15+;/m1./s1. The Morgan fingerprint density at radius 1 is 1.00 bits per heavy atom. The first-order valence-corrected chi connectivity index (χ1v) is 9.60. The molecule has 0 amide bonds. The van der Waals surface area contributed by atoms with Gasteiger partial charge in [0.25, 0.3) is 0 Å². The summed E-state index contributed by atoms with van der Waals surface area (Å²) < 4.78 is 66.7. The van der Waals surface area contributed by atoms with Crippen LogP contribution in [0.25, 0.3) is 0 Å². The van der Waals surface area contributed by atoms with Crippen LogP contribution in [0.3, 0.4) is 0 Å². The molecule has 0 unspecified atom stereocenters. The van der Waals surface area contributed by atoms with Gasteiger partial charge in [0.2, 0.25) is 10.0 Å². The van der Waals surface area contributed by atoms with Gasteiger partial charge in [-0.15, -0.1) is 12.4 Å². The van der Waals surface area contributed by atoms with Crippen molar-refractivity contribution in [1.29, 1.82) is 0 Å². The topological polar surface area (TPSA) is 63.4 Å². The highest BCUT2D eigenvalue weighted by Crippen LogP contribution is 2.39. The molecule has 2 aromatic rings. The van der Waals surface area contributed by atoms with Crippen molar-refractivity contribution in [3.05, 3.63) is 65.7 Å². The van der Waals surface area contributed by atoms with Gasteiger partial charge in [-0.25, -0.2) is 8.42 Å². The minimum atomic E-state index is -4.74. The Hall–Kier alpha value is -1.61. The molecule has 3 rings (SSSR count). The molecule has 4 nitrogen and oxygen atoms in total. The van der Waals surface area contributed by atoms with E-state index in [2.05, 4.69) is 0 Å². The maximum Gasteiger partial charge on any atom is 0.417 e. The van der Waals surface area contributed by atoms with Crippen molar-refractivity contribution in [2.24, 2.45) is 11.7 Å². The molecule has 1 heterocycles. The van der Waals surface area contributed by atoms with Crippen LogP contribution < -0.4 is 5.73 Å². The van der Waals surface area contributed by atoms with E-state index in [0.29, 0.717) is 0 Å². The maximum absolute atomic E-state index is 13.2. The Balaban J connectivity index is 0.00000261. The fourth-order valence-corrected chi connectivity index (χ4v) is 5.14. The zero-order valence-corrected chi connectivity index (χ0v) is 15.9. The quantitative estimate of drug-likeness (QED) is 0.823. The molecular formula is C18H20ClF3N2O2S. The number of sulfonamides is 1. The molecule has 1 fully saturated rings. The molecule has 0 saturated carbocycles. The highest BCUT2D eigenvalue weighted by atomic mass is 35.5. The molecule has 2 atom stereocenters. The van der Waals surface area contributed by atoms with E-state index in [-0.39, 0.29) is 43.9 Å². The van der Waals surface area contributed by atoms with Crippen LogP contribution in [0, 0.1) is 5.92 Å². The van der Waals surface area contributed by atoms with Gasteiger partial charge in [0.05, 0.1) is 10.5 Å². The molecule has 2 N–H and O–H groups in total. The smallest absolute Gasteiger partial charge is 0.330 e. The Kier molecular flexibility index (Phi) is 6.57. The SMILES string of the molecule is Cl.NC[C@@H]1CN(S(=O)(=O)c2ccccc2C(F)(F)F)C[C@H]1c1ccccc1. The van der Waals surface area contributed by atoms with Crippen LogP contribution in [0.15, 0.2) is 59.5 Å². The van der Waals surface area contributed by atoms with Crippen molar-refractivity contribution in [3.8, 4) is 0 Å². The summed E-state index contributed by atoms with van der Waals surface area (Å²) >= 11 is 0. The molecule has 0 spiro atoms. The summed E-state index contributed by atoms with van der Waals surface area (Å²) in [6, 6.07) is 13.6. The molecular weight excluding hydrogens is 401 g/mol. The van der Waals surface area contributed by atoms with Crippen molar-refractivity contribution < 1.29 is 21.6 Å². The lowest BCUT2D eigenvalue weighted by Crippen LogP contribution is -2.31. The summed E-state index contributed by atoms with van der Waals surface area (Å²) in [5, 5.41) is 0. The van der Waals surface area contributed by atoms with Gasteiger partial charge < -0.3 is 5.73 Å². The summed E-state index contributed by atoms with van der Waals surface area (Å²) in [5.74, 6) is -0.292. The highest BCUT2D eigenvalue weighted by Gasteiger charge is 2.43. The third kappa shape index (κ3) is 4.29. The van der Waals surface area contributed by atoms with Gasteiger partial charge in [0.1, 0.15) is 0 Å². The summed E-state index contributed by atoms with van der Waals surface area (Å²) in [4.78, 5) is -0.711. The van der Waals surface area contributed by atoms with E-state index in [1.807, 2.05) is 30.3 Å². The van der Waals surface area contributed by atoms with E-state index in [1.165, 1.54) is 12.1 Å². The summed E-state index contributed by atoms with van der Waals surface area (Å²) in [5.41, 5.74) is 5.59. The molecule has 1 aliphatic heterocycles. The summed E-state index contributed by atoms with van der Waals surface area (Å²) in [7, 11) is -4.28. The average Bonchev–Trinajstić information content (AvgIpc) is 3.07. The third-order valence-electron chi connectivity index (χ3n) is 4.75. The minimum Gasteiger partial charge on any atom is -0.330 e. The Morgan fingerprint density at radius 3 is 2.19 bits per heavy atom. The zero-order chi connectivity index (χ0) is 18.9. The molecule has 0 aliphatic carbocycles. The molecule has 0 bridgehead atoms. The molecule has 1 saturated heterocycles. The van der Waals surface area contributed by atoms with E-state index >= 15 is 0 Å². The average molecular weight is 421 g/mol. The van der Waals surface area contributed by atoms with Crippen molar-refractivity contribution in [2.45, 2.75) is 17.0 Å². The largest absolute Gasteiger partial charge is 0.417 e. The number of hydrogen-bond acceptors (Lipinski definition) is 3. The highest BCUT2D eigenvalue weighted by molar-refractivity contribution is 7.89. The third-order valence-corrected chi connectivity index (χ3v) is 6.64. The first-order chi connectivity index (χ1) is 12.2. The van der Waals surface area contributed by atoms with Crippen molar-refractivity contribution >= 4 is 22.4 Å². The molecule has 9 heteroatoms. The predicted octanol–water partition coefficient (Wildman–Crippen LogP) is 3.49. The van der Waals surface area contributed by atoms with Gasteiger partial charge >= 0.3 is 6.18 Å². The lowest BCUT2D eigenvalue weighted by atomic mass is 9.89. The van der Waals surface area contributed by atoms with E-state index in [4.69, 9.17) is 5.73 Å². The zero-order valence-electron chi connectivity index (χ0n) is 14.3. The van der Waals surface area contributed by atoms with Crippen LogP contribution in [-0.4, -0.2) is 32.4 Å². The first kappa shape index (κ1) is 21.7. The lowest BCUT2D eigenvalue weighted by molar-refractivity contribution is -0.139. The second-order valence-corrected chi connectivity index (χ2v) is 8.24. The number of hydrogen-bond donors (Lipinski definition) is 1. The van der Waals surface area contributed by atoms with E-state index in [9.17, 15) is 21.6 Å². The maximum atomic E-state index is 13.2. The molecule has 148 valence electrons. The van der Waals surface area contributed by atoms with Gasteiger partial charge in [-0.05, 0) is 30.2 Å². The monoisotopic (exact) mass is 420 g/mol.